The molecule has 5 nitrogen and oxygen atoms in total. The lowest BCUT2D eigenvalue weighted by atomic mass is 9.92. The summed E-state index contributed by atoms with van der Waals surface area (Å²) in [7, 11) is 0. The molecule has 7 heteroatoms. The van der Waals surface area contributed by atoms with E-state index in [0.29, 0.717) is 23.2 Å². The maximum Gasteiger partial charge on any atom is 0.265 e. The van der Waals surface area contributed by atoms with Gasteiger partial charge < -0.3 is 14.6 Å². The molecule has 2 heterocycles. The van der Waals surface area contributed by atoms with E-state index < -0.39 is 0 Å². The van der Waals surface area contributed by atoms with Crippen LogP contribution in [-0.2, 0) is 6.42 Å². The number of nitrogens with one attached hydrogen (secondary N) is 2. The fourth-order valence-electron chi connectivity index (χ4n) is 4.19. The van der Waals surface area contributed by atoms with Crippen LogP contribution in [0.4, 0.5) is 5.69 Å². The molecule has 4 aromatic rings. The van der Waals surface area contributed by atoms with Crippen molar-refractivity contribution in [3.8, 4) is 5.75 Å². The molecule has 1 atom stereocenters. The van der Waals surface area contributed by atoms with Crippen molar-refractivity contribution in [2.24, 2.45) is 0 Å². The number of nitrogens with zero attached hydrogens (tertiary/aromatic N) is 1. The van der Waals surface area contributed by atoms with Crippen LogP contribution >= 0.6 is 23.8 Å². The van der Waals surface area contributed by atoms with Crippen molar-refractivity contribution >= 4 is 45.6 Å². The number of H-pyrrole nitrogens is 1. The number of thiocarbonyl (C=S) groups is 1. The highest BCUT2D eigenvalue weighted by atomic mass is 35.5. The average molecular weight is 450 g/mol. The molecule has 3 aromatic carbocycles. The van der Waals surface area contributed by atoms with Crippen LogP contribution in [0.25, 0.3) is 10.9 Å². The minimum Gasteiger partial charge on any atom is -0.432 e. The molecular formula is C24H20ClN3O2S. The Morgan fingerprint density at radius 1 is 1.10 bits per heavy atom. The molecule has 0 radical (unpaired) electrons. The van der Waals surface area contributed by atoms with Crippen LogP contribution in [0.2, 0.25) is 5.02 Å². The zero-order chi connectivity index (χ0) is 21.4. The van der Waals surface area contributed by atoms with E-state index in [4.69, 9.17) is 28.6 Å². The van der Waals surface area contributed by atoms with Crippen LogP contribution in [0, 0.1) is 0 Å². The third-order valence-corrected chi connectivity index (χ3v) is 6.18. The minimum atomic E-state index is -0.154. The molecule has 0 saturated heterocycles. The largest absolute Gasteiger partial charge is 0.432 e. The number of rotatable bonds is 3. The highest BCUT2D eigenvalue weighted by Gasteiger charge is 2.34. The monoisotopic (exact) mass is 449 g/mol. The highest BCUT2D eigenvalue weighted by Crippen LogP contribution is 2.39. The summed E-state index contributed by atoms with van der Waals surface area (Å²) in [6.07, 6.45) is 0.820. The van der Waals surface area contributed by atoms with Crippen molar-refractivity contribution in [2.45, 2.75) is 12.5 Å². The number of para-hydroxylation sites is 1. The molecule has 156 valence electrons. The number of hydrogen-bond donors (Lipinski definition) is 3. The number of ether oxygens (including phenoxy) is 1. The molecule has 0 bridgehead atoms. The summed E-state index contributed by atoms with van der Waals surface area (Å²) in [4.78, 5) is 5.69. The molecule has 3 N–H and O–H groups in total. The van der Waals surface area contributed by atoms with Gasteiger partial charge in [0.05, 0.1) is 11.7 Å². The molecule has 1 aliphatic rings. The van der Waals surface area contributed by atoms with Gasteiger partial charge >= 0.3 is 0 Å². The Kier molecular flexibility index (Phi) is 5.28. The average Bonchev–Trinajstić information content (AvgIpc) is 3.17. The van der Waals surface area contributed by atoms with E-state index in [-0.39, 0.29) is 6.04 Å². The Labute approximate surface area is 190 Å². The van der Waals surface area contributed by atoms with E-state index >= 15 is 0 Å². The van der Waals surface area contributed by atoms with E-state index in [2.05, 4.69) is 15.4 Å². The minimum absolute atomic E-state index is 0.154. The normalized spacial score (nSPS) is 15.5. The second-order valence-corrected chi connectivity index (χ2v) is 8.25. The van der Waals surface area contributed by atoms with Crippen molar-refractivity contribution in [3.05, 3.63) is 94.6 Å². The van der Waals surface area contributed by atoms with Gasteiger partial charge in [0.25, 0.3) is 5.17 Å². The smallest absolute Gasteiger partial charge is 0.265 e. The quantitative estimate of drug-likeness (QED) is 0.267. The lowest BCUT2D eigenvalue weighted by molar-refractivity contribution is 0.289. The highest BCUT2D eigenvalue weighted by molar-refractivity contribution is 7.80. The Hall–Kier alpha value is -3.06. The van der Waals surface area contributed by atoms with Gasteiger partial charge in [0.1, 0.15) is 5.75 Å². The van der Waals surface area contributed by atoms with Gasteiger partial charge in [0.15, 0.2) is 0 Å². The topological polar surface area (TPSA) is 60.5 Å². The predicted molar refractivity (Wildman–Crippen MR) is 127 cm³/mol. The van der Waals surface area contributed by atoms with Gasteiger partial charge in [-0.15, -0.1) is 0 Å². The summed E-state index contributed by atoms with van der Waals surface area (Å²) in [5.74, 6) is 0.709. The first-order valence-electron chi connectivity index (χ1n) is 9.97. The molecule has 0 aliphatic carbocycles. The van der Waals surface area contributed by atoms with E-state index in [9.17, 15) is 5.21 Å². The first kappa shape index (κ1) is 19.9. The number of benzene rings is 3. The molecule has 0 amide bonds. The number of anilines is 1. The fourth-order valence-corrected chi connectivity index (χ4v) is 4.66. The standard InChI is InChI=1S/C24H20ClN3O2S/c25-16-8-11-21-20(14-16)19-12-13-28(24(31)30-18-4-2-1-3-5-18)23(22(19)26-21)15-6-9-17(27-29)10-7-15/h1-11,14,23,26-27,29H,12-13H2. The van der Waals surface area contributed by atoms with E-state index in [1.54, 1.807) is 0 Å². The van der Waals surface area contributed by atoms with Crippen molar-refractivity contribution < 1.29 is 9.94 Å². The van der Waals surface area contributed by atoms with Crippen molar-refractivity contribution in [3.63, 3.8) is 0 Å². The third-order valence-electron chi connectivity index (χ3n) is 5.63. The summed E-state index contributed by atoms with van der Waals surface area (Å²) < 4.78 is 6.03. The molecule has 0 saturated carbocycles. The number of aromatic amines is 1. The van der Waals surface area contributed by atoms with Gasteiger partial charge in [-0.3, -0.25) is 10.7 Å². The van der Waals surface area contributed by atoms with Crippen LogP contribution < -0.4 is 10.2 Å². The molecule has 0 spiro atoms. The SMILES string of the molecule is ONc1ccc(C2c3[nH]c4ccc(Cl)cc4c3CCN2C(=S)Oc2ccccc2)cc1. The van der Waals surface area contributed by atoms with E-state index in [1.165, 1.54) is 5.56 Å². The van der Waals surface area contributed by atoms with Gasteiger partial charge in [-0.25, -0.2) is 0 Å². The first-order chi connectivity index (χ1) is 15.1. The third kappa shape index (κ3) is 3.74. The first-order valence-corrected chi connectivity index (χ1v) is 10.8. The number of aromatic nitrogens is 1. The van der Waals surface area contributed by atoms with Crippen LogP contribution in [0.15, 0.2) is 72.8 Å². The second kappa shape index (κ2) is 8.23. The molecule has 31 heavy (non-hydrogen) atoms. The molecule has 1 unspecified atom stereocenters. The van der Waals surface area contributed by atoms with Gasteiger partial charge in [-0.05, 0) is 72.2 Å². The van der Waals surface area contributed by atoms with Crippen LogP contribution in [0.5, 0.6) is 5.75 Å². The zero-order valence-electron chi connectivity index (χ0n) is 16.5. The van der Waals surface area contributed by atoms with E-state index in [1.807, 2.05) is 72.8 Å². The Morgan fingerprint density at radius 2 is 1.87 bits per heavy atom. The number of hydrogen-bond acceptors (Lipinski definition) is 4. The van der Waals surface area contributed by atoms with Gasteiger partial charge in [0.2, 0.25) is 0 Å². The van der Waals surface area contributed by atoms with Crippen molar-refractivity contribution in [1.29, 1.82) is 0 Å². The van der Waals surface area contributed by atoms with Gasteiger partial charge in [-0.2, -0.15) is 0 Å². The summed E-state index contributed by atoms with van der Waals surface area (Å²) in [6, 6.07) is 23.0. The van der Waals surface area contributed by atoms with Gasteiger partial charge in [-0.1, -0.05) is 41.9 Å². The molecule has 0 fully saturated rings. The molecule has 5 rings (SSSR count). The lowest BCUT2D eigenvalue weighted by Crippen LogP contribution is -2.42. The predicted octanol–water partition coefficient (Wildman–Crippen LogP) is 5.93. The zero-order valence-corrected chi connectivity index (χ0v) is 18.1. The maximum atomic E-state index is 9.20. The van der Waals surface area contributed by atoms with E-state index in [0.717, 1.165) is 33.6 Å². The summed E-state index contributed by atoms with van der Waals surface area (Å²) >= 11 is 12.0. The van der Waals surface area contributed by atoms with Crippen LogP contribution in [0.3, 0.4) is 0 Å². The lowest BCUT2D eigenvalue weighted by Gasteiger charge is -2.37. The summed E-state index contributed by atoms with van der Waals surface area (Å²) in [6.45, 7) is 0.711. The van der Waals surface area contributed by atoms with Crippen LogP contribution in [0.1, 0.15) is 22.9 Å². The maximum absolute atomic E-state index is 9.20. The second-order valence-electron chi connectivity index (χ2n) is 7.47. The Balaban J connectivity index is 1.59. The van der Waals surface area contributed by atoms with Gasteiger partial charge in [0, 0.05) is 28.2 Å². The molecule has 1 aromatic heterocycles. The Bertz CT molecular complexity index is 1240. The van der Waals surface area contributed by atoms with Crippen molar-refractivity contribution in [2.75, 3.05) is 12.0 Å². The Morgan fingerprint density at radius 3 is 2.61 bits per heavy atom. The van der Waals surface area contributed by atoms with Crippen molar-refractivity contribution in [1.82, 2.24) is 9.88 Å². The molecular weight excluding hydrogens is 430 g/mol. The molecule has 1 aliphatic heterocycles. The summed E-state index contributed by atoms with van der Waals surface area (Å²) in [5, 5.41) is 11.5. The number of fused-ring (bicyclic) bond motifs is 3. The van der Waals surface area contributed by atoms with Crippen LogP contribution in [-0.4, -0.2) is 26.8 Å². The summed E-state index contributed by atoms with van der Waals surface area (Å²) in [5.41, 5.74) is 7.21. The number of halogens is 1. The fraction of sp³-hybridized carbons (Fsp3) is 0.125.